The largest absolute Gasteiger partial charge is 0.453 e. The van der Waals surface area contributed by atoms with Crippen molar-refractivity contribution in [2.45, 2.75) is 6.92 Å². The summed E-state index contributed by atoms with van der Waals surface area (Å²) in [4.78, 5) is 27.7. The molecule has 0 aliphatic carbocycles. The second kappa shape index (κ2) is 5.94. The number of para-hydroxylation sites is 1. The van der Waals surface area contributed by atoms with Crippen LogP contribution in [0.1, 0.15) is 25.7 Å². The summed E-state index contributed by atoms with van der Waals surface area (Å²) in [7, 11) is 0. The fourth-order valence-electron chi connectivity index (χ4n) is 2.33. The highest BCUT2D eigenvalue weighted by atomic mass is 35.5. The number of halogens is 1. The van der Waals surface area contributed by atoms with Crippen molar-refractivity contribution in [1.29, 1.82) is 0 Å². The Morgan fingerprint density at radius 1 is 1.23 bits per heavy atom. The average Bonchev–Trinajstić information content (AvgIpc) is 3.07. The van der Waals surface area contributed by atoms with Gasteiger partial charge in [-0.15, -0.1) is 11.3 Å². The van der Waals surface area contributed by atoms with Crippen LogP contribution in [0, 0.1) is 6.92 Å². The van der Waals surface area contributed by atoms with Crippen LogP contribution < -0.4 is 0 Å². The molecule has 0 unspecified atom stereocenters. The van der Waals surface area contributed by atoms with E-state index in [1.165, 1.54) is 0 Å². The van der Waals surface area contributed by atoms with E-state index >= 15 is 0 Å². The first-order chi connectivity index (χ1) is 10.6. The third kappa shape index (κ3) is 2.77. The molecule has 1 aromatic carbocycles. The lowest BCUT2D eigenvalue weighted by Crippen LogP contribution is -2.14. The molecular weight excluding hydrogens is 322 g/mol. The molecule has 3 aromatic rings. The summed E-state index contributed by atoms with van der Waals surface area (Å²) >= 11 is 6.90. The van der Waals surface area contributed by atoms with Gasteiger partial charge in [-0.2, -0.15) is 0 Å². The van der Waals surface area contributed by atoms with Gasteiger partial charge in [-0.3, -0.25) is 4.79 Å². The third-order valence-electron chi connectivity index (χ3n) is 3.28. The Kier molecular flexibility index (Phi) is 4.00. The standard InChI is InChI=1S/C16H12ClNO3S/c1-9-15(10-4-2-3-5-11(10)18-9)12(19)8-21-16(20)13-6-7-14(17)22-13/h2-7,18H,8H2,1H3. The highest BCUT2D eigenvalue weighted by molar-refractivity contribution is 7.17. The van der Waals surface area contributed by atoms with E-state index in [0.29, 0.717) is 14.8 Å². The van der Waals surface area contributed by atoms with Gasteiger partial charge in [0, 0.05) is 22.2 Å². The number of ether oxygens (including phenoxy) is 1. The molecule has 0 saturated heterocycles. The molecule has 0 spiro atoms. The van der Waals surface area contributed by atoms with Crippen LogP contribution in [0.5, 0.6) is 0 Å². The highest BCUT2D eigenvalue weighted by Gasteiger charge is 2.18. The molecule has 22 heavy (non-hydrogen) atoms. The van der Waals surface area contributed by atoms with Crippen molar-refractivity contribution in [1.82, 2.24) is 4.98 Å². The van der Waals surface area contributed by atoms with Crippen molar-refractivity contribution in [2.24, 2.45) is 0 Å². The normalized spacial score (nSPS) is 10.8. The number of thiophene rings is 1. The Bertz CT molecular complexity index is 865. The summed E-state index contributed by atoms with van der Waals surface area (Å²) in [6, 6.07) is 10.7. The Labute approximate surface area is 135 Å². The van der Waals surface area contributed by atoms with Gasteiger partial charge >= 0.3 is 5.97 Å². The van der Waals surface area contributed by atoms with Gasteiger partial charge < -0.3 is 9.72 Å². The van der Waals surface area contributed by atoms with Gasteiger partial charge in [0.2, 0.25) is 5.78 Å². The maximum atomic E-state index is 12.4. The summed E-state index contributed by atoms with van der Waals surface area (Å²) in [5.41, 5.74) is 2.22. The molecule has 112 valence electrons. The predicted octanol–water partition coefficient (Wildman–Crippen LogP) is 4.23. The minimum Gasteiger partial charge on any atom is -0.453 e. The molecule has 2 aromatic heterocycles. The van der Waals surface area contributed by atoms with E-state index in [4.69, 9.17) is 16.3 Å². The topological polar surface area (TPSA) is 59.2 Å². The highest BCUT2D eigenvalue weighted by Crippen LogP contribution is 2.24. The quantitative estimate of drug-likeness (QED) is 0.574. The average molecular weight is 334 g/mol. The lowest BCUT2D eigenvalue weighted by molar-refractivity contribution is 0.0480. The zero-order chi connectivity index (χ0) is 15.7. The summed E-state index contributed by atoms with van der Waals surface area (Å²) in [5, 5.41) is 0.834. The van der Waals surface area contributed by atoms with E-state index in [1.54, 1.807) is 12.1 Å². The number of Topliss-reactive ketones (excluding diaryl/α,β-unsaturated/α-hetero) is 1. The molecule has 1 N–H and O–H groups in total. The van der Waals surface area contributed by atoms with Crippen LogP contribution in [0.25, 0.3) is 10.9 Å². The second-order valence-electron chi connectivity index (χ2n) is 4.77. The summed E-state index contributed by atoms with van der Waals surface area (Å²) in [6.07, 6.45) is 0. The maximum Gasteiger partial charge on any atom is 0.348 e. The maximum absolute atomic E-state index is 12.4. The number of aromatic nitrogens is 1. The van der Waals surface area contributed by atoms with E-state index < -0.39 is 5.97 Å². The molecule has 0 aliphatic heterocycles. The van der Waals surface area contributed by atoms with E-state index in [1.807, 2.05) is 31.2 Å². The van der Waals surface area contributed by atoms with Gasteiger partial charge in [-0.1, -0.05) is 29.8 Å². The number of carbonyl (C=O) groups excluding carboxylic acids is 2. The lowest BCUT2D eigenvalue weighted by atomic mass is 10.1. The Balaban J connectivity index is 1.76. The monoisotopic (exact) mass is 333 g/mol. The van der Waals surface area contributed by atoms with E-state index in [-0.39, 0.29) is 12.4 Å². The van der Waals surface area contributed by atoms with E-state index in [9.17, 15) is 9.59 Å². The molecule has 0 atom stereocenters. The number of esters is 1. The van der Waals surface area contributed by atoms with Crippen LogP contribution in [-0.4, -0.2) is 23.3 Å². The van der Waals surface area contributed by atoms with Crippen molar-refractivity contribution in [3.8, 4) is 0 Å². The number of hydrogen-bond acceptors (Lipinski definition) is 4. The van der Waals surface area contributed by atoms with Crippen molar-refractivity contribution in [3.63, 3.8) is 0 Å². The van der Waals surface area contributed by atoms with Crippen LogP contribution >= 0.6 is 22.9 Å². The molecule has 0 saturated carbocycles. The minimum absolute atomic E-state index is 0.231. The SMILES string of the molecule is Cc1[nH]c2ccccc2c1C(=O)COC(=O)c1ccc(Cl)s1. The number of rotatable bonds is 4. The van der Waals surface area contributed by atoms with Crippen LogP contribution in [0.2, 0.25) is 4.34 Å². The zero-order valence-corrected chi connectivity index (χ0v) is 13.3. The van der Waals surface area contributed by atoms with Gasteiger partial charge in [0.15, 0.2) is 6.61 Å². The third-order valence-corrected chi connectivity index (χ3v) is 4.49. The lowest BCUT2D eigenvalue weighted by Gasteiger charge is -2.03. The van der Waals surface area contributed by atoms with E-state index in [0.717, 1.165) is 27.9 Å². The van der Waals surface area contributed by atoms with E-state index in [2.05, 4.69) is 4.98 Å². The van der Waals surface area contributed by atoms with Crippen molar-refractivity contribution in [2.75, 3.05) is 6.61 Å². The molecule has 0 radical (unpaired) electrons. The molecule has 4 nitrogen and oxygen atoms in total. The Hall–Kier alpha value is -2.11. The number of aryl methyl sites for hydroxylation is 1. The fraction of sp³-hybridized carbons (Fsp3) is 0.125. The molecule has 6 heteroatoms. The predicted molar refractivity (Wildman–Crippen MR) is 87.0 cm³/mol. The van der Waals surface area contributed by atoms with Gasteiger partial charge in [0.1, 0.15) is 4.88 Å². The van der Waals surface area contributed by atoms with Crippen molar-refractivity contribution < 1.29 is 14.3 Å². The molecule has 0 aliphatic rings. The second-order valence-corrected chi connectivity index (χ2v) is 6.49. The molecule has 2 heterocycles. The molecule has 0 amide bonds. The summed E-state index contributed by atoms with van der Waals surface area (Å²) < 4.78 is 5.59. The Morgan fingerprint density at radius 2 is 2.00 bits per heavy atom. The number of hydrogen-bond donors (Lipinski definition) is 1. The molecule has 0 bridgehead atoms. The first-order valence-electron chi connectivity index (χ1n) is 6.59. The molecule has 3 rings (SSSR count). The van der Waals surface area contributed by atoms with Gasteiger partial charge in [-0.25, -0.2) is 4.79 Å². The number of benzene rings is 1. The number of nitrogens with one attached hydrogen (secondary N) is 1. The van der Waals surface area contributed by atoms with Gasteiger partial charge in [0.05, 0.1) is 4.34 Å². The minimum atomic E-state index is -0.539. The van der Waals surface area contributed by atoms with Crippen molar-refractivity contribution in [3.05, 3.63) is 56.9 Å². The van der Waals surface area contributed by atoms with Crippen LogP contribution in [0.4, 0.5) is 0 Å². The number of H-pyrrole nitrogens is 1. The molecule has 0 fully saturated rings. The van der Waals surface area contributed by atoms with Gasteiger partial charge in [-0.05, 0) is 25.1 Å². The Morgan fingerprint density at radius 3 is 2.73 bits per heavy atom. The number of carbonyl (C=O) groups is 2. The number of aromatic amines is 1. The first kappa shape index (κ1) is 14.8. The zero-order valence-electron chi connectivity index (χ0n) is 11.7. The van der Waals surface area contributed by atoms with Crippen molar-refractivity contribution >= 4 is 45.6 Å². The summed E-state index contributed by atoms with van der Waals surface area (Å²) in [5.74, 6) is -0.770. The number of fused-ring (bicyclic) bond motifs is 1. The number of ketones is 1. The molecular formula is C16H12ClNO3S. The van der Waals surface area contributed by atoms with Crippen LogP contribution in [0.3, 0.4) is 0 Å². The van der Waals surface area contributed by atoms with Crippen LogP contribution in [-0.2, 0) is 4.74 Å². The first-order valence-corrected chi connectivity index (χ1v) is 7.78. The van der Waals surface area contributed by atoms with Crippen LogP contribution in [0.15, 0.2) is 36.4 Å². The fourth-order valence-corrected chi connectivity index (χ4v) is 3.27. The smallest absolute Gasteiger partial charge is 0.348 e. The summed E-state index contributed by atoms with van der Waals surface area (Å²) in [6.45, 7) is 1.53. The van der Waals surface area contributed by atoms with Gasteiger partial charge in [0.25, 0.3) is 0 Å².